The normalized spacial score (nSPS) is 18.6. The Morgan fingerprint density at radius 3 is 3.29 bits per heavy atom. The number of rotatable bonds is 2. The van der Waals surface area contributed by atoms with E-state index in [0.29, 0.717) is 6.54 Å². The maximum Gasteiger partial charge on any atom is 0.147 e. The molecule has 0 spiro atoms. The molecule has 0 N–H and O–H groups in total. The molecule has 1 aliphatic rings. The fraction of sp³-hybridized carbons (Fsp3) is 0.625. The first-order valence-electron chi connectivity index (χ1n) is 4.42. The highest BCUT2D eigenvalue weighted by Gasteiger charge is 2.19. The first kappa shape index (κ1) is 9.44. The lowest BCUT2D eigenvalue weighted by Crippen LogP contribution is -2.37. The fourth-order valence-corrected chi connectivity index (χ4v) is 1.73. The molecule has 0 aliphatic carbocycles. The lowest BCUT2D eigenvalue weighted by atomic mass is 10.3. The minimum Gasteiger partial charge on any atom is -0.315 e. The molecular weight excluding hydrogens is 202 g/mol. The van der Waals surface area contributed by atoms with Gasteiger partial charge in [-0.05, 0) is 0 Å². The summed E-state index contributed by atoms with van der Waals surface area (Å²) in [4.78, 5) is 2.12. The van der Waals surface area contributed by atoms with E-state index in [9.17, 15) is 0 Å². The molecule has 1 aromatic rings. The fourth-order valence-electron chi connectivity index (χ4n) is 1.54. The topological polar surface area (TPSA) is 57.7 Å². The third-order valence-corrected chi connectivity index (χ3v) is 2.51. The molecule has 0 aromatic carbocycles. The number of fused-ring (bicyclic) bond motifs is 1. The molecule has 2 heterocycles. The number of hydrogen-bond acceptors (Lipinski definition) is 4. The molecule has 0 fully saturated rings. The summed E-state index contributed by atoms with van der Waals surface area (Å²) in [6.45, 7) is 3.09. The zero-order valence-electron chi connectivity index (χ0n) is 7.60. The summed E-state index contributed by atoms with van der Waals surface area (Å²) in [5, 5.41) is 15.9. The molecular formula is C8H10ClN5. The van der Waals surface area contributed by atoms with E-state index in [1.807, 2.05) is 10.6 Å². The largest absolute Gasteiger partial charge is 0.315 e. The predicted molar refractivity (Wildman–Crippen MR) is 50.6 cm³/mol. The Morgan fingerprint density at radius 1 is 1.64 bits per heavy atom. The first-order valence-corrected chi connectivity index (χ1v) is 4.86. The monoisotopic (exact) mass is 211 g/mol. The van der Waals surface area contributed by atoms with Gasteiger partial charge in [-0.25, -0.2) is 0 Å². The summed E-state index contributed by atoms with van der Waals surface area (Å²) in [5.74, 6) is 0.943. The van der Waals surface area contributed by atoms with Gasteiger partial charge in [-0.3, -0.25) is 4.90 Å². The van der Waals surface area contributed by atoms with Crippen LogP contribution in [0.4, 0.5) is 0 Å². The SMILES string of the molecule is N#CC(Cl)CN1CCn2cnnc2C1. The number of aromatic nitrogens is 3. The van der Waals surface area contributed by atoms with Gasteiger partial charge in [0.15, 0.2) is 0 Å². The Kier molecular flexibility index (Phi) is 2.66. The minimum absolute atomic E-state index is 0.440. The van der Waals surface area contributed by atoms with Crippen molar-refractivity contribution < 1.29 is 0 Å². The molecule has 1 atom stereocenters. The van der Waals surface area contributed by atoms with Gasteiger partial charge in [0.2, 0.25) is 0 Å². The maximum absolute atomic E-state index is 8.58. The van der Waals surface area contributed by atoms with Crippen molar-refractivity contribution in [1.29, 1.82) is 5.26 Å². The quantitative estimate of drug-likeness (QED) is 0.657. The van der Waals surface area contributed by atoms with Gasteiger partial charge in [-0.1, -0.05) is 0 Å². The van der Waals surface area contributed by atoms with Crippen molar-refractivity contribution in [3.63, 3.8) is 0 Å². The highest BCUT2D eigenvalue weighted by atomic mass is 35.5. The van der Waals surface area contributed by atoms with Gasteiger partial charge in [-0.2, -0.15) is 5.26 Å². The number of hydrogen-bond donors (Lipinski definition) is 0. The zero-order chi connectivity index (χ0) is 9.97. The van der Waals surface area contributed by atoms with Crippen molar-refractivity contribution in [3.05, 3.63) is 12.2 Å². The molecule has 0 amide bonds. The Hall–Kier alpha value is -1.12. The second-order valence-electron chi connectivity index (χ2n) is 3.27. The first-order chi connectivity index (χ1) is 6.79. The van der Waals surface area contributed by atoms with Crippen molar-refractivity contribution in [2.75, 3.05) is 13.1 Å². The van der Waals surface area contributed by atoms with Crippen molar-refractivity contribution in [2.24, 2.45) is 0 Å². The van der Waals surface area contributed by atoms with Crippen LogP contribution in [0.3, 0.4) is 0 Å². The molecule has 1 unspecified atom stereocenters. The molecule has 14 heavy (non-hydrogen) atoms. The summed E-state index contributed by atoms with van der Waals surface area (Å²) in [6, 6.07) is 2.01. The standard InChI is InChI=1S/C8H10ClN5/c9-7(3-10)4-13-1-2-14-6-11-12-8(14)5-13/h6-7H,1-2,4-5H2. The smallest absolute Gasteiger partial charge is 0.147 e. The third kappa shape index (κ3) is 1.86. The van der Waals surface area contributed by atoms with Gasteiger partial charge in [0, 0.05) is 19.6 Å². The van der Waals surface area contributed by atoms with Gasteiger partial charge < -0.3 is 4.57 Å². The molecule has 2 rings (SSSR count). The number of halogens is 1. The van der Waals surface area contributed by atoms with E-state index in [-0.39, 0.29) is 0 Å². The second kappa shape index (κ2) is 3.95. The maximum atomic E-state index is 8.58. The minimum atomic E-state index is -0.440. The van der Waals surface area contributed by atoms with Gasteiger partial charge in [-0.15, -0.1) is 21.8 Å². The van der Waals surface area contributed by atoms with E-state index in [1.165, 1.54) is 0 Å². The van der Waals surface area contributed by atoms with Gasteiger partial charge in [0.1, 0.15) is 17.5 Å². The predicted octanol–water partition coefficient (Wildman–Crippen LogP) is 0.225. The number of alkyl halides is 1. The summed E-state index contributed by atoms with van der Waals surface area (Å²) in [5.41, 5.74) is 0. The number of nitriles is 1. The Balaban J connectivity index is 1.98. The van der Waals surface area contributed by atoms with E-state index < -0.39 is 5.38 Å². The van der Waals surface area contributed by atoms with Crippen LogP contribution in [0.2, 0.25) is 0 Å². The van der Waals surface area contributed by atoms with Crippen LogP contribution in [0, 0.1) is 11.3 Å². The molecule has 0 saturated heterocycles. The van der Waals surface area contributed by atoms with E-state index >= 15 is 0 Å². The lowest BCUT2D eigenvalue weighted by Gasteiger charge is -2.26. The van der Waals surface area contributed by atoms with Crippen LogP contribution in [0.15, 0.2) is 6.33 Å². The highest BCUT2D eigenvalue weighted by Crippen LogP contribution is 2.10. The van der Waals surface area contributed by atoms with Gasteiger partial charge >= 0.3 is 0 Å². The summed E-state index contributed by atoms with van der Waals surface area (Å²) in [7, 11) is 0. The average Bonchev–Trinajstić information content (AvgIpc) is 2.64. The van der Waals surface area contributed by atoms with E-state index in [1.54, 1.807) is 6.33 Å². The molecule has 5 nitrogen and oxygen atoms in total. The van der Waals surface area contributed by atoms with E-state index in [0.717, 1.165) is 25.5 Å². The molecule has 74 valence electrons. The Bertz CT molecular complexity index is 355. The molecule has 0 saturated carbocycles. The molecule has 0 radical (unpaired) electrons. The molecule has 0 bridgehead atoms. The Labute approximate surface area is 86.9 Å². The van der Waals surface area contributed by atoms with Crippen molar-refractivity contribution >= 4 is 11.6 Å². The zero-order valence-corrected chi connectivity index (χ0v) is 8.35. The van der Waals surface area contributed by atoms with E-state index in [2.05, 4.69) is 15.1 Å². The van der Waals surface area contributed by atoms with Crippen LogP contribution >= 0.6 is 11.6 Å². The van der Waals surface area contributed by atoms with Gasteiger partial charge in [0.25, 0.3) is 0 Å². The Morgan fingerprint density at radius 2 is 2.50 bits per heavy atom. The lowest BCUT2D eigenvalue weighted by molar-refractivity contribution is 0.223. The van der Waals surface area contributed by atoms with Crippen LogP contribution in [0.25, 0.3) is 0 Å². The van der Waals surface area contributed by atoms with Crippen LogP contribution in [-0.4, -0.2) is 38.1 Å². The number of nitrogens with zero attached hydrogens (tertiary/aromatic N) is 5. The average molecular weight is 212 g/mol. The summed E-state index contributed by atoms with van der Waals surface area (Å²) >= 11 is 5.75. The third-order valence-electron chi connectivity index (χ3n) is 2.28. The summed E-state index contributed by atoms with van der Waals surface area (Å²) < 4.78 is 2.02. The van der Waals surface area contributed by atoms with E-state index in [4.69, 9.17) is 16.9 Å². The van der Waals surface area contributed by atoms with Crippen LogP contribution < -0.4 is 0 Å². The molecule has 1 aliphatic heterocycles. The van der Waals surface area contributed by atoms with Crippen molar-refractivity contribution in [2.45, 2.75) is 18.5 Å². The second-order valence-corrected chi connectivity index (χ2v) is 3.80. The van der Waals surface area contributed by atoms with Crippen LogP contribution in [0.5, 0.6) is 0 Å². The molecule has 6 heteroatoms. The highest BCUT2D eigenvalue weighted by molar-refractivity contribution is 6.22. The molecule has 1 aromatic heterocycles. The van der Waals surface area contributed by atoms with Crippen LogP contribution in [0.1, 0.15) is 5.82 Å². The van der Waals surface area contributed by atoms with Gasteiger partial charge in [0.05, 0.1) is 12.6 Å². The van der Waals surface area contributed by atoms with Crippen LogP contribution in [-0.2, 0) is 13.1 Å². The van der Waals surface area contributed by atoms with Crippen molar-refractivity contribution in [1.82, 2.24) is 19.7 Å². The van der Waals surface area contributed by atoms with Crippen molar-refractivity contribution in [3.8, 4) is 6.07 Å². The summed E-state index contributed by atoms with van der Waals surface area (Å²) in [6.07, 6.45) is 1.73.